The van der Waals surface area contributed by atoms with Gasteiger partial charge in [0.2, 0.25) is 5.91 Å². The van der Waals surface area contributed by atoms with Gasteiger partial charge in [0.25, 0.3) is 0 Å². The van der Waals surface area contributed by atoms with Gasteiger partial charge in [-0.3, -0.25) is 4.79 Å². The highest BCUT2D eigenvalue weighted by Crippen LogP contribution is 2.36. The molecule has 2 aromatic rings. The molecule has 0 aliphatic carbocycles. The van der Waals surface area contributed by atoms with Crippen LogP contribution in [0.4, 0.5) is 5.69 Å². The maximum absolute atomic E-state index is 12.3. The largest absolute Gasteiger partial charge is 0.493 e. The standard InChI is InChI=1S/C20H22BrNO3/c1-12-8-13(2)19(14(3)9-12)22-18(23)7-6-15-10-16(21)20(25-5)17(11-15)24-4/h6-11H,1-5H3,(H,22,23). The van der Waals surface area contributed by atoms with Crippen molar-refractivity contribution in [2.75, 3.05) is 19.5 Å². The summed E-state index contributed by atoms with van der Waals surface area (Å²) < 4.78 is 11.4. The molecule has 1 N–H and O–H groups in total. The van der Waals surface area contributed by atoms with Crippen molar-refractivity contribution >= 4 is 33.6 Å². The number of anilines is 1. The lowest BCUT2D eigenvalue weighted by atomic mass is 10.1. The summed E-state index contributed by atoms with van der Waals surface area (Å²) in [5, 5.41) is 2.95. The highest BCUT2D eigenvalue weighted by atomic mass is 79.9. The number of amides is 1. The molecular formula is C20H22BrNO3. The van der Waals surface area contributed by atoms with Gasteiger partial charge in [-0.25, -0.2) is 0 Å². The Labute approximate surface area is 157 Å². The Bertz CT molecular complexity index is 805. The minimum Gasteiger partial charge on any atom is -0.493 e. The molecule has 0 radical (unpaired) electrons. The summed E-state index contributed by atoms with van der Waals surface area (Å²) in [7, 11) is 3.16. The van der Waals surface area contributed by atoms with E-state index in [4.69, 9.17) is 9.47 Å². The van der Waals surface area contributed by atoms with Crippen molar-refractivity contribution in [2.24, 2.45) is 0 Å². The topological polar surface area (TPSA) is 47.6 Å². The fourth-order valence-electron chi connectivity index (χ4n) is 2.75. The zero-order valence-electron chi connectivity index (χ0n) is 15.1. The van der Waals surface area contributed by atoms with Crippen molar-refractivity contribution in [2.45, 2.75) is 20.8 Å². The molecule has 0 bridgehead atoms. The van der Waals surface area contributed by atoms with Crippen LogP contribution in [0.5, 0.6) is 11.5 Å². The van der Waals surface area contributed by atoms with Gasteiger partial charge in [0.05, 0.1) is 18.7 Å². The third-order valence-electron chi connectivity index (χ3n) is 3.81. The van der Waals surface area contributed by atoms with Gasteiger partial charge >= 0.3 is 0 Å². The first-order valence-electron chi connectivity index (χ1n) is 7.84. The van der Waals surface area contributed by atoms with Crippen LogP contribution >= 0.6 is 15.9 Å². The molecule has 0 saturated carbocycles. The van der Waals surface area contributed by atoms with Crippen molar-refractivity contribution < 1.29 is 14.3 Å². The number of carbonyl (C=O) groups excluding carboxylic acids is 1. The number of aryl methyl sites for hydroxylation is 3. The molecule has 2 aromatic carbocycles. The molecular weight excluding hydrogens is 382 g/mol. The number of methoxy groups -OCH3 is 2. The molecule has 0 heterocycles. The van der Waals surface area contributed by atoms with Crippen LogP contribution in [0.25, 0.3) is 6.08 Å². The van der Waals surface area contributed by atoms with E-state index in [1.54, 1.807) is 20.3 Å². The summed E-state index contributed by atoms with van der Waals surface area (Å²) in [6.45, 7) is 6.02. The van der Waals surface area contributed by atoms with Crippen LogP contribution in [0, 0.1) is 20.8 Å². The Balaban J connectivity index is 2.20. The lowest BCUT2D eigenvalue weighted by Crippen LogP contribution is -2.10. The minimum atomic E-state index is -0.180. The third kappa shape index (κ3) is 4.63. The van der Waals surface area contributed by atoms with Gasteiger partial charge in [-0.2, -0.15) is 0 Å². The average Bonchev–Trinajstić information content (AvgIpc) is 2.55. The Morgan fingerprint density at radius 2 is 1.68 bits per heavy atom. The number of rotatable bonds is 5. The summed E-state index contributed by atoms with van der Waals surface area (Å²) in [5.74, 6) is 1.04. The molecule has 0 aliphatic heterocycles. The summed E-state index contributed by atoms with van der Waals surface area (Å²) in [4.78, 5) is 12.3. The van der Waals surface area contributed by atoms with Crippen molar-refractivity contribution in [1.29, 1.82) is 0 Å². The molecule has 132 valence electrons. The van der Waals surface area contributed by atoms with E-state index in [0.29, 0.717) is 11.5 Å². The van der Waals surface area contributed by atoms with E-state index in [1.165, 1.54) is 11.6 Å². The Hall–Kier alpha value is -2.27. The number of hydrogen-bond donors (Lipinski definition) is 1. The third-order valence-corrected chi connectivity index (χ3v) is 4.40. The molecule has 0 spiro atoms. The highest BCUT2D eigenvalue weighted by Gasteiger charge is 2.10. The normalized spacial score (nSPS) is 10.8. The first-order valence-corrected chi connectivity index (χ1v) is 8.63. The van der Waals surface area contributed by atoms with Gasteiger partial charge in [-0.05, 0) is 71.6 Å². The molecule has 5 heteroatoms. The second-order valence-electron chi connectivity index (χ2n) is 5.83. The summed E-state index contributed by atoms with van der Waals surface area (Å²) >= 11 is 3.45. The number of benzene rings is 2. The second kappa shape index (κ2) is 8.21. The van der Waals surface area contributed by atoms with Crippen LogP contribution in [-0.2, 0) is 4.79 Å². The van der Waals surface area contributed by atoms with Crippen LogP contribution in [0.15, 0.2) is 34.8 Å². The first kappa shape index (κ1) is 19.1. The predicted molar refractivity (Wildman–Crippen MR) is 106 cm³/mol. The molecule has 4 nitrogen and oxygen atoms in total. The molecule has 2 rings (SSSR count). The minimum absolute atomic E-state index is 0.180. The van der Waals surface area contributed by atoms with Crippen molar-refractivity contribution in [1.82, 2.24) is 0 Å². The number of halogens is 1. The van der Waals surface area contributed by atoms with Crippen molar-refractivity contribution in [3.8, 4) is 11.5 Å². The molecule has 0 fully saturated rings. The monoisotopic (exact) mass is 403 g/mol. The zero-order valence-corrected chi connectivity index (χ0v) is 16.7. The fraction of sp³-hybridized carbons (Fsp3) is 0.250. The number of hydrogen-bond acceptors (Lipinski definition) is 3. The fourth-order valence-corrected chi connectivity index (χ4v) is 3.37. The summed E-state index contributed by atoms with van der Waals surface area (Å²) in [6, 6.07) is 7.79. The molecule has 0 saturated heterocycles. The van der Waals surface area contributed by atoms with Gasteiger partial charge in [0.15, 0.2) is 11.5 Å². The van der Waals surface area contributed by atoms with Gasteiger partial charge in [-0.15, -0.1) is 0 Å². The number of carbonyl (C=O) groups is 1. The van der Waals surface area contributed by atoms with Gasteiger partial charge < -0.3 is 14.8 Å². The first-order chi connectivity index (χ1) is 11.8. The quantitative estimate of drug-likeness (QED) is 0.710. The van der Waals surface area contributed by atoms with E-state index in [1.807, 2.05) is 32.9 Å². The zero-order chi connectivity index (χ0) is 18.6. The maximum atomic E-state index is 12.3. The van der Waals surface area contributed by atoms with E-state index < -0.39 is 0 Å². The maximum Gasteiger partial charge on any atom is 0.248 e. The lowest BCUT2D eigenvalue weighted by molar-refractivity contribution is -0.111. The number of ether oxygens (including phenoxy) is 2. The number of nitrogens with one attached hydrogen (secondary N) is 1. The molecule has 0 atom stereocenters. The van der Waals surface area contributed by atoms with Crippen LogP contribution < -0.4 is 14.8 Å². The van der Waals surface area contributed by atoms with Gasteiger partial charge in [0.1, 0.15) is 0 Å². The Kier molecular flexibility index (Phi) is 6.26. The van der Waals surface area contributed by atoms with E-state index in [0.717, 1.165) is 26.9 Å². The smallest absolute Gasteiger partial charge is 0.248 e. The summed E-state index contributed by atoms with van der Waals surface area (Å²) in [5.41, 5.74) is 4.96. The van der Waals surface area contributed by atoms with Crippen molar-refractivity contribution in [3.63, 3.8) is 0 Å². The molecule has 25 heavy (non-hydrogen) atoms. The van der Waals surface area contributed by atoms with Gasteiger partial charge in [-0.1, -0.05) is 17.7 Å². The van der Waals surface area contributed by atoms with E-state index in [-0.39, 0.29) is 5.91 Å². The lowest BCUT2D eigenvalue weighted by Gasteiger charge is -2.12. The average molecular weight is 404 g/mol. The SMILES string of the molecule is COc1cc(C=CC(=O)Nc2c(C)cc(C)cc2C)cc(Br)c1OC. The van der Waals surface area contributed by atoms with E-state index in [2.05, 4.69) is 33.4 Å². The molecule has 0 aliphatic rings. The second-order valence-corrected chi connectivity index (χ2v) is 6.69. The Morgan fingerprint density at radius 3 is 2.24 bits per heavy atom. The van der Waals surface area contributed by atoms with Crippen LogP contribution in [0.1, 0.15) is 22.3 Å². The summed E-state index contributed by atoms with van der Waals surface area (Å²) in [6.07, 6.45) is 3.24. The van der Waals surface area contributed by atoms with Crippen LogP contribution in [0.2, 0.25) is 0 Å². The predicted octanol–water partition coefficient (Wildman–Crippen LogP) is 5.04. The van der Waals surface area contributed by atoms with Gasteiger partial charge in [0, 0.05) is 11.8 Å². The van der Waals surface area contributed by atoms with E-state index >= 15 is 0 Å². The van der Waals surface area contributed by atoms with Crippen molar-refractivity contribution in [3.05, 3.63) is 57.1 Å². The Morgan fingerprint density at radius 1 is 1.04 bits per heavy atom. The highest BCUT2D eigenvalue weighted by molar-refractivity contribution is 9.10. The molecule has 1 amide bonds. The van der Waals surface area contributed by atoms with E-state index in [9.17, 15) is 4.79 Å². The molecule has 0 unspecified atom stereocenters. The molecule has 0 aromatic heterocycles. The van der Waals surface area contributed by atoms with Crippen LogP contribution in [-0.4, -0.2) is 20.1 Å². The van der Waals surface area contributed by atoms with Crippen LogP contribution in [0.3, 0.4) is 0 Å².